The van der Waals surface area contributed by atoms with Crippen LogP contribution in [0.2, 0.25) is 0 Å². The van der Waals surface area contributed by atoms with Gasteiger partial charge in [0.15, 0.2) is 0 Å². The SMILES string of the molecule is CCCCCCn1cc(CC)c(=O)[nH]c1=O. The smallest absolute Gasteiger partial charge is 0.300 e. The van der Waals surface area contributed by atoms with Crippen molar-refractivity contribution in [2.45, 2.75) is 52.5 Å². The molecule has 0 aliphatic heterocycles. The number of H-pyrrole nitrogens is 1. The molecule has 4 nitrogen and oxygen atoms in total. The van der Waals surface area contributed by atoms with Gasteiger partial charge in [-0.1, -0.05) is 33.1 Å². The van der Waals surface area contributed by atoms with Gasteiger partial charge in [-0.15, -0.1) is 0 Å². The van der Waals surface area contributed by atoms with Crippen molar-refractivity contribution < 1.29 is 0 Å². The molecule has 90 valence electrons. The van der Waals surface area contributed by atoms with E-state index in [1.807, 2.05) is 6.92 Å². The van der Waals surface area contributed by atoms with E-state index in [-0.39, 0.29) is 11.2 Å². The Balaban J connectivity index is 2.72. The van der Waals surface area contributed by atoms with E-state index in [1.165, 1.54) is 12.8 Å². The summed E-state index contributed by atoms with van der Waals surface area (Å²) in [6.07, 6.45) is 6.84. The molecule has 0 saturated carbocycles. The van der Waals surface area contributed by atoms with E-state index in [9.17, 15) is 9.59 Å². The summed E-state index contributed by atoms with van der Waals surface area (Å²) in [5.41, 5.74) is 0.131. The van der Waals surface area contributed by atoms with Gasteiger partial charge in [-0.2, -0.15) is 0 Å². The zero-order valence-corrected chi connectivity index (χ0v) is 10.1. The first-order valence-electron chi connectivity index (χ1n) is 6.01. The van der Waals surface area contributed by atoms with Gasteiger partial charge in [-0.05, 0) is 12.8 Å². The minimum atomic E-state index is -0.293. The predicted octanol–water partition coefficient (Wildman–Crippen LogP) is 1.68. The summed E-state index contributed by atoms with van der Waals surface area (Å²) in [6, 6.07) is 0. The highest BCUT2D eigenvalue weighted by atomic mass is 16.2. The highest BCUT2D eigenvalue weighted by Gasteiger charge is 2.02. The molecule has 1 N–H and O–H groups in total. The summed E-state index contributed by atoms with van der Waals surface area (Å²) in [4.78, 5) is 25.2. The summed E-state index contributed by atoms with van der Waals surface area (Å²) >= 11 is 0. The van der Waals surface area contributed by atoms with Crippen molar-refractivity contribution in [2.24, 2.45) is 0 Å². The highest BCUT2D eigenvalue weighted by Crippen LogP contribution is 2.00. The molecule has 0 amide bonds. The van der Waals surface area contributed by atoms with Crippen molar-refractivity contribution in [3.63, 3.8) is 0 Å². The summed E-state index contributed by atoms with van der Waals surface area (Å²) in [6.45, 7) is 4.76. The first-order chi connectivity index (χ1) is 7.69. The average molecular weight is 224 g/mol. The summed E-state index contributed by atoms with van der Waals surface area (Å²) < 4.78 is 1.61. The minimum absolute atomic E-state index is 0.252. The van der Waals surface area contributed by atoms with Crippen molar-refractivity contribution in [2.75, 3.05) is 0 Å². The number of rotatable bonds is 6. The third-order valence-electron chi connectivity index (χ3n) is 2.72. The molecule has 0 aromatic carbocycles. The van der Waals surface area contributed by atoms with Crippen LogP contribution in [0.5, 0.6) is 0 Å². The van der Waals surface area contributed by atoms with Crippen LogP contribution in [0.15, 0.2) is 15.8 Å². The van der Waals surface area contributed by atoms with Crippen LogP contribution in [0.1, 0.15) is 45.1 Å². The van der Waals surface area contributed by atoms with Gasteiger partial charge in [0, 0.05) is 18.3 Å². The van der Waals surface area contributed by atoms with E-state index in [4.69, 9.17) is 0 Å². The third-order valence-corrected chi connectivity index (χ3v) is 2.72. The summed E-state index contributed by atoms with van der Waals surface area (Å²) in [5, 5.41) is 0. The van der Waals surface area contributed by atoms with Crippen LogP contribution in [0.25, 0.3) is 0 Å². The molecule has 1 rings (SSSR count). The largest absolute Gasteiger partial charge is 0.328 e. The van der Waals surface area contributed by atoms with E-state index in [2.05, 4.69) is 11.9 Å². The molecule has 0 spiro atoms. The number of nitrogens with zero attached hydrogens (tertiary/aromatic N) is 1. The zero-order valence-electron chi connectivity index (χ0n) is 10.1. The molecule has 1 heterocycles. The molecule has 0 aliphatic rings. The molecular formula is C12H20N2O2. The van der Waals surface area contributed by atoms with Gasteiger partial charge >= 0.3 is 5.69 Å². The maximum absolute atomic E-state index is 11.5. The lowest BCUT2D eigenvalue weighted by Crippen LogP contribution is -2.31. The van der Waals surface area contributed by atoms with E-state index in [0.29, 0.717) is 18.5 Å². The second-order valence-electron chi connectivity index (χ2n) is 4.02. The normalized spacial score (nSPS) is 10.6. The van der Waals surface area contributed by atoms with Crippen molar-refractivity contribution in [1.82, 2.24) is 9.55 Å². The first-order valence-corrected chi connectivity index (χ1v) is 6.01. The fourth-order valence-corrected chi connectivity index (χ4v) is 1.68. The van der Waals surface area contributed by atoms with E-state index in [1.54, 1.807) is 10.8 Å². The lowest BCUT2D eigenvalue weighted by Gasteiger charge is -2.06. The van der Waals surface area contributed by atoms with Crippen LogP contribution in [-0.4, -0.2) is 9.55 Å². The van der Waals surface area contributed by atoms with Crippen LogP contribution in [0, 0.1) is 0 Å². The van der Waals surface area contributed by atoms with Crippen LogP contribution in [-0.2, 0) is 13.0 Å². The molecule has 0 fully saturated rings. The van der Waals surface area contributed by atoms with Crippen molar-refractivity contribution in [3.05, 3.63) is 32.6 Å². The maximum atomic E-state index is 11.5. The molecule has 1 aromatic rings. The molecule has 0 saturated heterocycles. The summed E-state index contributed by atoms with van der Waals surface area (Å²) in [7, 11) is 0. The molecule has 0 unspecified atom stereocenters. The Morgan fingerprint density at radius 3 is 2.56 bits per heavy atom. The number of aromatic amines is 1. The van der Waals surface area contributed by atoms with Gasteiger partial charge in [0.05, 0.1) is 0 Å². The Morgan fingerprint density at radius 2 is 1.94 bits per heavy atom. The summed E-state index contributed by atoms with van der Waals surface area (Å²) in [5.74, 6) is 0. The minimum Gasteiger partial charge on any atom is -0.300 e. The first kappa shape index (κ1) is 12.7. The number of unbranched alkanes of at least 4 members (excludes halogenated alkanes) is 3. The fraction of sp³-hybridized carbons (Fsp3) is 0.667. The van der Waals surface area contributed by atoms with Gasteiger partial charge in [0.2, 0.25) is 0 Å². The van der Waals surface area contributed by atoms with Crippen LogP contribution < -0.4 is 11.2 Å². The number of hydrogen-bond acceptors (Lipinski definition) is 2. The Labute approximate surface area is 95.3 Å². The van der Waals surface area contributed by atoms with Gasteiger partial charge in [0.25, 0.3) is 5.56 Å². The molecule has 0 bridgehead atoms. The monoisotopic (exact) mass is 224 g/mol. The Morgan fingerprint density at radius 1 is 1.19 bits per heavy atom. The number of aryl methyl sites for hydroxylation is 2. The standard InChI is InChI=1S/C12H20N2O2/c1-3-5-6-7-8-14-9-10(4-2)11(15)13-12(14)16/h9H,3-8H2,1-2H3,(H,13,15,16). The maximum Gasteiger partial charge on any atom is 0.328 e. The van der Waals surface area contributed by atoms with Crippen LogP contribution in [0.4, 0.5) is 0 Å². The lowest BCUT2D eigenvalue weighted by molar-refractivity contribution is 0.557. The van der Waals surface area contributed by atoms with E-state index in [0.717, 1.165) is 12.8 Å². The molecule has 0 atom stereocenters. The number of nitrogens with one attached hydrogen (secondary N) is 1. The average Bonchev–Trinajstić information content (AvgIpc) is 2.27. The second-order valence-corrected chi connectivity index (χ2v) is 4.02. The Kier molecular flexibility index (Phi) is 5.02. The van der Waals surface area contributed by atoms with Gasteiger partial charge in [-0.3, -0.25) is 9.78 Å². The molecule has 0 aliphatic carbocycles. The fourth-order valence-electron chi connectivity index (χ4n) is 1.68. The molecule has 1 aromatic heterocycles. The Hall–Kier alpha value is -1.32. The second kappa shape index (κ2) is 6.30. The Bertz CT molecular complexity index is 431. The predicted molar refractivity (Wildman–Crippen MR) is 64.8 cm³/mol. The lowest BCUT2D eigenvalue weighted by atomic mass is 10.2. The van der Waals surface area contributed by atoms with Gasteiger partial charge < -0.3 is 4.57 Å². The quantitative estimate of drug-likeness (QED) is 0.747. The van der Waals surface area contributed by atoms with Gasteiger partial charge in [0.1, 0.15) is 0 Å². The molecule has 0 radical (unpaired) electrons. The van der Waals surface area contributed by atoms with Crippen molar-refractivity contribution in [1.29, 1.82) is 0 Å². The number of aromatic nitrogens is 2. The van der Waals surface area contributed by atoms with Crippen molar-refractivity contribution in [3.8, 4) is 0 Å². The van der Waals surface area contributed by atoms with Crippen LogP contribution >= 0.6 is 0 Å². The number of hydrogen-bond donors (Lipinski definition) is 1. The third kappa shape index (κ3) is 3.36. The van der Waals surface area contributed by atoms with Gasteiger partial charge in [-0.25, -0.2) is 4.79 Å². The molecule has 4 heteroatoms. The van der Waals surface area contributed by atoms with E-state index < -0.39 is 0 Å². The highest BCUT2D eigenvalue weighted by molar-refractivity contribution is 5.03. The zero-order chi connectivity index (χ0) is 12.0. The molecule has 16 heavy (non-hydrogen) atoms. The van der Waals surface area contributed by atoms with Crippen molar-refractivity contribution >= 4 is 0 Å². The molecular weight excluding hydrogens is 204 g/mol. The van der Waals surface area contributed by atoms with Crippen LogP contribution in [0.3, 0.4) is 0 Å². The topological polar surface area (TPSA) is 54.9 Å². The van der Waals surface area contributed by atoms with E-state index >= 15 is 0 Å².